The fraction of sp³-hybridized carbons (Fsp3) is 0.167. The fourth-order valence-electron chi connectivity index (χ4n) is 2.80. The first-order valence-corrected chi connectivity index (χ1v) is 6.98. The van der Waals surface area contributed by atoms with Gasteiger partial charge in [0.1, 0.15) is 0 Å². The molecule has 3 nitrogen and oxygen atoms in total. The summed E-state index contributed by atoms with van der Waals surface area (Å²) in [4.78, 5) is 10.8. The minimum absolute atomic E-state index is 0.0999. The second-order valence-electron chi connectivity index (χ2n) is 5.39. The number of anilines is 1. The molecule has 0 atom stereocenters. The maximum atomic E-state index is 10.8. The summed E-state index contributed by atoms with van der Waals surface area (Å²) in [6, 6.07) is 14.5. The van der Waals surface area contributed by atoms with E-state index in [4.69, 9.17) is 10.8 Å². The van der Waals surface area contributed by atoms with Crippen LogP contribution >= 0.6 is 0 Å². The highest BCUT2D eigenvalue weighted by molar-refractivity contribution is 6.01. The Kier molecular flexibility index (Phi) is 3.26. The summed E-state index contributed by atoms with van der Waals surface area (Å²) in [5.74, 6) is -0.800. The molecule has 3 N–H and O–H groups in total. The number of nitrogens with two attached hydrogens (primary N) is 1. The number of nitrogen functional groups attached to an aromatic ring is 1. The monoisotopic (exact) mass is 279 g/mol. The molecule has 0 radical (unpaired) electrons. The maximum Gasteiger partial charge on any atom is 0.303 e. The minimum Gasteiger partial charge on any atom is -0.481 e. The first kappa shape index (κ1) is 13.4. The Hall–Kier alpha value is -2.55. The molecule has 0 bridgehead atoms. The zero-order chi connectivity index (χ0) is 15.0. The van der Waals surface area contributed by atoms with Crippen LogP contribution in [-0.4, -0.2) is 11.1 Å². The van der Waals surface area contributed by atoms with Crippen LogP contribution in [0.4, 0.5) is 5.69 Å². The summed E-state index contributed by atoms with van der Waals surface area (Å²) >= 11 is 0. The minimum atomic E-state index is -0.800. The quantitative estimate of drug-likeness (QED) is 0.564. The Morgan fingerprint density at radius 3 is 2.43 bits per heavy atom. The lowest BCUT2D eigenvalue weighted by molar-refractivity contribution is -0.136. The molecule has 3 aromatic carbocycles. The summed E-state index contributed by atoms with van der Waals surface area (Å²) in [6.07, 6.45) is 0.563. The predicted molar refractivity (Wildman–Crippen MR) is 86.6 cm³/mol. The highest BCUT2D eigenvalue weighted by Gasteiger charge is 2.10. The fourth-order valence-corrected chi connectivity index (χ4v) is 2.80. The lowest BCUT2D eigenvalue weighted by atomic mass is 9.94. The Bertz CT molecular complexity index is 853. The first-order chi connectivity index (χ1) is 10.1. The van der Waals surface area contributed by atoms with Gasteiger partial charge in [-0.15, -0.1) is 0 Å². The van der Waals surface area contributed by atoms with Gasteiger partial charge in [0.25, 0.3) is 0 Å². The van der Waals surface area contributed by atoms with Gasteiger partial charge in [-0.25, -0.2) is 0 Å². The largest absolute Gasteiger partial charge is 0.481 e. The van der Waals surface area contributed by atoms with Crippen LogP contribution < -0.4 is 5.73 Å². The van der Waals surface area contributed by atoms with Gasteiger partial charge in [0, 0.05) is 12.1 Å². The Morgan fingerprint density at radius 2 is 1.76 bits per heavy atom. The smallest absolute Gasteiger partial charge is 0.303 e. The third-order valence-corrected chi connectivity index (χ3v) is 4.01. The Balaban J connectivity index is 2.21. The average molecular weight is 279 g/mol. The third-order valence-electron chi connectivity index (χ3n) is 4.01. The summed E-state index contributed by atoms with van der Waals surface area (Å²) in [7, 11) is 0. The van der Waals surface area contributed by atoms with E-state index in [2.05, 4.69) is 24.3 Å². The van der Waals surface area contributed by atoms with Crippen molar-refractivity contribution in [2.75, 3.05) is 5.73 Å². The predicted octanol–water partition coefficient (Wildman–Crippen LogP) is 3.90. The topological polar surface area (TPSA) is 63.3 Å². The lowest BCUT2D eigenvalue weighted by Crippen LogP contribution is -2.02. The summed E-state index contributed by atoms with van der Waals surface area (Å²) in [6.45, 7) is 2.00. The highest BCUT2D eigenvalue weighted by atomic mass is 16.4. The lowest BCUT2D eigenvalue weighted by Gasteiger charge is -2.13. The van der Waals surface area contributed by atoms with Crippen LogP contribution in [-0.2, 0) is 11.2 Å². The van der Waals surface area contributed by atoms with E-state index in [9.17, 15) is 4.79 Å². The van der Waals surface area contributed by atoms with Gasteiger partial charge in [-0.2, -0.15) is 0 Å². The molecule has 3 rings (SSSR count). The molecule has 106 valence electrons. The van der Waals surface area contributed by atoms with Crippen LogP contribution in [0.25, 0.3) is 21.5 Å². The zero-order valence-electron chi connectivity index (χ0n) is 11.9. The number of rotatable bonds is 3. The van der Waals surface area contributed by atoms with Crippen molar-refractivity contribution in [1.82, 2.24) is 0 Å². The normalized spacial score (nSPS) is 11.1. The standard InChI is InChI=1S/C18H17NO2/c1-11-16-10-13-5-3-2-4-12(13)8-15(16)9-14(18(11)19)6-7-17(20)21/h2-5,8-10H,6-7,19H2,1H3,(H,20,21). The van der Waals surface area contributed by atoms with Crippen molar-refractivity contribution in [1.29, 1.82) is 0 Å². The number of carbonyl (C=O) groups is 1. The van der Waals surface area contributed by atoms with Gasteiger partial charge in [-0.1, -0.05) is 24.3 Å². The van der Waals surface area contributed by atoms with Crippen molar-refractivity contribution in [3.63, 3.8) is 0 Å². The molecule has 0 aliphatic carbocycles. The van der Waals surface area contributed by atoms with Gasteiger partial charge in [-0.3, -0.25) is 4.79 Å². The van der Waals surface area contributed by atoms with E-state index < -0.39 is 5.97 Å². The van der Waals surface area contributed by atoms with Gasteiger partial charge in [0.05, 0.1) is 0 Å². The average Bonchev–Trinajstić information content (AvgIpc) is 2.48. The van der Waals surface area contributed by atoms with Gasteiger partial charge in [0.2, 0.25) is 0 Å². The highest BCUT2D eigenvalue weighted by Crippen LogP contribution is 2.31. The maximum absolute atomic E-state index is 10.8. The SMILES string of the molecule is Cc1c(N)c(CCC(=O)O)cc2cc3ccccc3cc12. The van der Waals surface area contributed by atoms with E-state index in [0.717, 1.165) is 21.9 Å². The second-order valence-corrected chi connectivity index (χ2v) is 5.39. The molecular formula is C18H17NO2. The van der Waals surface area contributed by atoms with Gasteiger partial charge in [-0.05, 0) is 64.2 Å². The van der Waals surface area contributed by atoms with E-state index >= 15 is 0 Å². The number of aliphatic carboxylic acids is 1. The van der Waals surface area contributed by atoms with Gasteiger partial charge >= 0.3 is 5.97 Å². The summed E-state index contributed by atoms with van der Waals surface area (Å²) < 4.78 is 0. The molecular weight excluding hydrogens is 262 g/mol. The van der Waals surface area contributed by atoms with Crippen molar-refractivity contribution in [2.45, 2.75) is 19.8 Å². The van der Waals surface area contributed by atoms with Crippen molar-refractivity contribution in [2.24, 2.45) is 0 Å². The number of hydrogen-bond acceptors (Lipinski definition) is 2. The van der Waals surface area contributed by atoms with Gasteiger partial charge in [0.15, 0.2) is 0 Å². The summed E-state index contributed by atoms with van der Waals surface area (Å²) in [5, 5.41) is 13.5. The molecule has 0 saturated heterocycles. The molecule has 0 amide bonds. The van der Waals surface area contributed by atoms with Crippen molar-refractivity contribution in [3.8, 4) is 0 Å². The molecule has 3 heteroatoms. The molecule has 0 saturated carbocycles. The molecule has 3 aromatic rings. The van der Waals surface area contributed by atoms with Gasteiger partial charge < -0.3 is 10.8 Å². The number of carboxylic acid groups (broad SMARTS) is 1. The van der Waals surface area contributed by atoms with E-state index in [0.29, 0.717) is 12.1 Å². The van der Waals surface area contributed by atoms with E-state index in [1.54, 1.807) is 0 Å². The van der Waals surface area contributed by atoms with Crippen molar-refractivity contribution in [3.05, 3.63) is 53.6 Å². The Labute approximate surface area is 123 Å². The number of carboxylic acids is 1. The van der Waals surface area contributed by atoms with Crippen LogP contribution in [0, 0.1) is 6.92 Å². The number of hydrogen-bond donors (Lipinski definition) is 2. The van der Waals surface area contributed by atoms with Crippen LogP contribution in [0.1, 0.15) is 17.5 Å². The van der Waals surface area contributed by atoms with Crippen LogP contribution in [0.5, 0.6) is 0 Å². The molecule has 0 spiro atoms. The first-order valence-electron chi connectivity index (χ1n) is 6.98. The van der Waals surface area contributed by atoms with E-state index in [1.807, 2.05) is 25.1 Å². The molecule has 0 unspecified atom stereocenters. The number of benzene rings is 3. The molecule has 0 heterocycles. The van der Waals surface area contributed by atoms with Crippen LogP contribution in [0.15, 0.2) is 42.5 Å². The molecule has 21 heavy (non-hydrogen) atoms. The van der Waals surface area contributed by atoms with E-state index in [1.165, 1.54) is 10.8 Å². The third kappa shape index (κ3) is 2.42. The molecule has 0 aliphatic heterocycles. The second kappa shape index (κ2) is 5.09. The van der Waals surface area contributed by atoms with E-state index in [-0.39, 0.29) is 6.42 Å². The van der Waals surface area contributed by atoms with Crippen LogP contribution in [0.3, 0.4) is 0 Å². The molecule has 0 aliphatic rings. The number of aryl methyl sites for hydroxylation is 2. The summed E-state index contributed by atoms with van der Waals surface area (Å²) in [5.41, 5.74) is 8.83. The molecule has 0 fully saturated rings. The van der Waals surface area contributed by atoms with Crippen molar-refractivity contribution < 1.29 is 9.90 Å². The van der Waals surface area contributed by atoms with Crippen molar-refractivity contribution >= 4 is 33.2 Å². The number of fused-ring (bicyclic) bond motifs is 2. The zero-order valence-corrected chi connectivity index (χ0v) is 11.9. The van der Waals surface area contributed by atoms with Crippen LogP contribution in [0.2, 0.25) is 0 Å². The Morgan fingerprint density at radius 1 is 1.10 bits per heavy atom. The molecule has 0 aromatic heterocycles.